The number of carbonyl (C=O) groups is 1. The minimum absolute atomic E-state index is 0.133. The van der Waals surface area contributed by atoms with Gasteiger partial charge in [0.05, 0.1) is 22.8 Å². The summed E-state index contributed by atoms with van der Waals surface area (Å²) in [5.41, 5.74) is 3.50. The minimum Gasteiger partial charge on any atom is -0.443 e. The number of hydrogen-bond acceptors (Lipinski definition) is 6. The molecule has 170 valence electrons. The van der Waals surface area contributed by atoms with Crippen molar-refractivity contribution in [1.82, 2.24) is 14.8 Å². The highest BCUT2D eigenvalue weighted by Crippen LogP contribution is 2.28. The second-order valence-electron chi connectivity index (χ2n) is 7.76. The molecule has 0 saturated carbocycles. The summed E-state index contributed by atoms with van der Waals surface area (Å²) in [5.74, 6) is -0.115. The molecule has 0 aliphatic carbocycles. The standard InChI is InChI=1S/C23H22N4O5S/c1-14-5-4-6-17(9-14)22-21(24-13-32-22)23(28)26-18-11-25-27(12-18)16(3)19-10-15(2)7-8-20(19)33(29,30)31/h4-13,16H,1-3H3,(H,26,28)(H,29,30,31). The van der Waals surface area contributed by atoms with Crippen molar-refractivity contribution in [3.63, 3.8) is 0 Å². The van der Waals surface area contributed by atoms with E-state index >= 15 is 0 Å². The Labute approximate surface area is 190 Å². The van der Waals surface area contributed by atoms with E-state index in [1.807, 2.05) is 38.1 Å². The van der Waals surface area contributed by atoms with Crippen LogP contribution in [0, 0.1) is 13.8 Å². The Morgan fingerprint density at radius 3 is 2.64 bits per heavy atom. The Kier molecular flexibility index (Phi) is 5.88. The molecule has 33 heavy (non-hydrogen) atoms. The highest BCUT2D eigenvalue weighted by molar-refractivity contribution is 7.85. The normalized spacial score (nSPS) is 12.5. The van der Waals surface area contributed by atoms with Crippen LogP contribution in [0.2, 0.25) is 0 Å². The van der Waals surface area contributed by atoms with Crippen molar-refractivity contribution >= 4 is 21.7 Å². The van der Waals surface area contributed by atoms with Crippen LogP contribution in [0.25, 0.3) is 11.3 Å². The third-order valence-corrected chi connectivity index (χ3v) is 6.14. The maximum atomic E-state index is 12.9. The van der Waals surface area contributed by atoms with Crippen LogP contribution in [-0.2, 0) is 10.1 Å². The highest BCUT2D eigenvalue weighted by atomic mass is 32.2. The van der Waals surface area contributed by atoms with Crippen molar-refractivity contribution in [3.05, 3.63) is 83.6 Å². The summed E-state index contributed by atoms with van der Waals surface area (Å²) in [5, 5.41) is 6.99. The fourth-order valence-corrected chi connectivity index (χ4v) is 4.34. The monoisotopic (exact) mass is 466 g/mol. The highest BCUT2D eigenvalue weighted by Gasteiger charge is 2.23. The van der Waals surface area contributed by atoms with Crippen molar-refractivity contribution in [2.45, 2.75) is 31.7 Å². The van der Waals surface area contributed by atoms with Gasteiger partial charge in [0.25, 0.3) is 16.0 Å². The summed E-state index contributed by atoms with van der Waals surface area (Å²) in [4.78, 5) is 16.7. The average Bonchev–Trinajstić information content (AvgIpc) is 3.42. The van der Waals surface area contributed by atoms with Gasteiger partial charge in [0, 0.05) is 11.8 Å². The maximum Gasteiger partial charge on any atom is 0.294 e. The summed E-state index contributed by atoms with van der Waals surface area (Å²) >= 11 is 0. The average molecular weight is 467 g/mol. The number of nitrogens with one attached hydrogen (secondary N) is 1. The van der Waals surface area contributed by atoms with Crippen molar-refractivity contribution < 1.29 is 22.2 Å². The van der Waals surface area contributed by atoms with Crippen molar-refractivity contribution in [3.8, 4) is 11.3 Å². The number of anilines is 1. The number of oxazole rings is 1. The van der Waals surface area contributed by atoms with Crippen LogP contribution >= 0.6 is 0 Å². The van der Waals surface area contributed by atoms with Crippen LogP contribution in [0.5, 0.6) is 0 Å². The Bertz CT molecular complexity index is 1440. The molecule has 0 aliphatic rings. The predicted octanol–water partition coefficient (Wildman–Crippen LogP) is 4.26. The molecule has 4 aromatic rings. The summed E-state index contributed by atoms with van der Waals surface area (Å²) in [6, 6.07) is 11.7. The third-order valence-electron chi connectivity index (χ3n) is 5.21. The summed E-state index contributed by atoms with van der Waals surface area (Å²) in [6.07, 6.45) is 4.24. The molecule has 1 atom stereocenters. The second-order valence-corrected chi connectivity index (χ2v) is 9.14. The van der Waals surface area contributed by atoms with E-state index in [1.165, 1.54) is 23.3 Å². The first-order chi connectivity index (χ1) is 15.6. The van der Waals surface area contributed by atoms with Crippen LogP contribution in [0.1, 0.15) is 40.1 Å². The third kappa shape index (κ3) is 4.71. The lowest BCUT2D eigenvalue weighted by atomic mass is 10.1. The van der Waals surface area contributed by atoms with Gasteiger partial charge in [0.15, 0.2) is 17.8 Å². The Morgan fingerprint density at radius 2 is 1.91 bits per heavy atom. The van der Waals surface area contributed by atoms with Crippen LogP contribution in [-0.4, -0.2) is 33.6 Å². The van der Waals surface area contributed by atoms with E-state index in [1.54, 1.807) is 25.3 Å². The van der Waals surface area contributed by atoms with Gasteiger partial charge in [-0.05, 0) is 38.5 Å². The van der Waals surface area contributed by atoms with Crippen molar-refractivity contribution in [1.29, 1.82) is 0 Å². The van der Waals surface area contributed by atoms with E-state index in [0.29, 0.717) is 17.0 Å². The predicted molar refractivity (Wildman–Crippen MR) is 122 cm³/mol. The molecule has 9 nitrogen and oxygen atoms in total. The number of amides is 1. The Balaban J connectivity index is 1.58. The Hall–Kier alpha value is -3.76. The largest absolute Gasteiger partial charge is 0.443 e. The van der Waals surface area contributed by atoms with E-state index in [9.17, 15) is 17.8 Å². The molecule has 2 heterocycles. The van der Waals surface area contributed by atoms with Crippen molar-refractivity contribution in [2.75, 3.05) is 5.32 Å². The van der Waals surface area contributed by atoms with Crippen LogP contribution in [0.4, 0.5) is 5.69 Å². The molecule has 10 heteroatoms. The molecule has 2 aromatic heterocycles. The summed E-state index contributed by atoms with van der Waals surface area (Å²) in [6.45, 7) is 5.51. The zero-order chi connectivity index (χ0) is 23.8. The first-order valence-corrected chi connectivity index (χ1v) is 11.5. The van der Waals surface area contributed by atoms with Crippen LogP contribution in [0.3, 0.4) is 0 Å². The van der Waals surface area contributed by atoms with E-state index < -0.39 is 22.1 Å². The molecule has 0 radical (unpaired) electrons. The van der Waals surface area contributed by atoms with Crippen LogP contribution in [0.15, 0.2) is 70.6 Å². The van der Waals surface area contributed by atoms with E-state index in [4.69, 9.17) is 4.42 Å². The molecule has 2 N–H and O–H groups in total. The van der Waals surface area contributed by atoms with Gasteiger partial charge >= 0.3 is 0 Å². The van der Waals surface area contributed by atoms with Crippen molar-refractivity contribution in [2.24, 2.45) is 0 Å². The van der Waals surface area contributed by atoms with Gasteiger partial charge in [-0.15, -0.1) is 0 Å². The molecule has 0 fully saturated rings. The molecular weight excluding hydrogens is 444 g/mol. The van der Waals surface area contributed by atoms with E-state index in [0.717, 1.165) is 16.7 Å². The summed E-state index contributed by atoms with van der Waals surface area (Å²) < 4.78 is 40.2. The molecule has 2 aromatic carbocycles. The molecule has 0 bridgehead atoms. The number of nitrogens with zero attached hydrogens (tertiary/aromatic N) is 3. The van der Waals surface area contributed by atoms with Gasteiger partial charge in [-0.3, -0.25) is 14.0 Å². The molecular formula is C23H22N4O5S. The first-order valence-electron chi connectivity index (χ1n) is 10.1. The SMILES string of the molecule is Cc1cccc(-c2ocnc2C(=O)Nc2cnn(C(C)c3cc(C)ccc3S(=O)(=O)O)c2)c1. The van der Waals surface area contributed by atoms with Gasteiger partial charge in [0.1, 0.15) is 0 Å². The van der Waals surface area contributed by atoms with Gasteiger partial charge in [-0.2, -0.15) is 13.5 Å². The van der Waals surface area contributed by atoms with Crippen LogP contribution < -0.4 is 5.32 Å². The van der Waals surface area contributed by atoms with Gasteiger partial charge in [-0.25, -0.2) is 4.98 Å². The summed E-state index contributed by atoms with van der Waals surface area (Å²) in [7, 11) is -4.41. The number of benzene rings is 2. The zero-order valence-electron chi connectivity index (χ0n) is 18.2. The fraction of sp³-hybridized carbons (Fsp3) is 0.174. The van der Waals surface area contributed by atoms with Gasteiger partial charge in [-0.1, -0.05) is 41.5 Å². The lowest BCUT2D eigenvalue weighted by molar-refractivity contribution is 0.102. The molecule has 0 saturated heterocycles. The topological polar surface area (TPSA) is 127 Å². The number of carbonyl (C=O) groups excluding carboxylic acids is 1. The maximum absolute atomic E-state index is 12.9. The Morgan fingerprint density at radius 1 is 1.15 bits per heavy atom. The minimum atomic E-state index is -4.41. The number of hydrogen-bond donors (Lipinski definition) is 2. The van der Waals surface area contributed by atoms with E-state index in [-0.39, 0.29) is 10.6 Å². The van der Waals surface area contributed by atoms with Gasteiger partial charge in [0.2, 0.25) is 0 Å². The first kappa shape index (κ1) is 22.4. The second kappa shape index (κ2) is 8.64. The lowest BCUT2D eigenvalue weighted by Gasteiger charge is -2.16. The molecule has 1 unspecified atom stereocenters. The molecule has 0 spiro atoms. The van der Waals surface area contributed by atoms with Gasteiger partial charge < -0.3 is 9.73 Å². The number of aryl methyl sites for hydroxylation is 2. The molecule has 1 amide bonds. The quantitative estimate of drug-likeness (QED) is 0.406. The lowest BCUT2D eigenvalue weighted by Crippen LogP contribution is -2.14. The smallest absolute Gasteiger partial charge is 0.294 e. The molecule has 4 rings (SSSR count). The molecule has 0 aliphatic heterocycles. The fourth-order valence-electron chi connectivity index (χ4n) is 3.58. The zero-order valence-corrected chi connectivity index (χ0v) is 19.0. The number of aromatic nitrogens is 3. The number of rotatable bonds is 6. The van der Waals surface area contributed by atoms with E-state index in [2.05, 4.69) is 15.4 Å².